The fourth-order valence-electron chi connectivity index (χ4n) is 2.28. The van der Waals surface area contributed by atoms with Gasteiger partial charge in [-0.2, -0.15) is 13.2 Å². The van der Waals surface area contributed by atoms with E-state index >= 15 is 0 Å². The minimum absolute atomic E-state index is 0.206. The van der Waals surface area contributed by atoms with E-state index in [0.29, 0.717) is 5.56 Å². The Morgan fingerprint density at radius 3 is 2.09 bits per heavy atom. The molecule has 5 heteroatoms. The summed E-state index contributed by atoms with van der Waals surface area (Å²) in [5, 5.41) is 9.38. The highest BCUT2D eigenvalue weighted by atomic mass is 19.4. The predicted molar refractivity (Wildman–Crippen MR) is 82.1 cm³/mol. The lowest BCUT2D eigenvalue weighted by Crippen LogP contribution is -2.15. The van der Waals surface area contributed by atoms with Crippen molar-refractivity contribution in [2.45, 2.75) is 18.5 Å². The van der Waals surface area contributed by atoms with E-state index in [1.807, 2.05) is 12.1 Å². The molecule has 2 aromatic rings. The second-order valence-electron chi connectivity index (χ2n) is 5.16. The Morgan fingerprint density at radius 2 is 1.65 bits per heavy atom. The molecule has 2 nitrogen and oxygen atoms in total. The second-order valence-corrected chi connectivity index (χ2v) is 5.16. The maximum atomic E-state index is 12.6. The van der Waals surface area contributed by atoms with E-state index in [9.17, 15) is 23.1 Å². The summed E-state index contributed by atoms with van der Waals surface area (Å²) in [5.74, 6) is -1.97. The van der Waals surface area contributed by atoms with Crippen LogP contribution in [0.1, 0.15) is 28.2 Å². The molecule has 0 aliphatic carbocycles. The van der Waals surface area contributed by atoms with Gasteiger partial charge < -0.3 is 5.11 Å². The van der Waals surface area contributed by atoms with Gasteiger partial charge in [0.15, 0.2) is 0 Å². The van der Waals surface area contributed by atoms with Crippen molar-refractivity contribution in [3.8, 4) is 0 Å². The van der Waals surface area contributed by atoms with Crippen molar-refractivity contribution in [2.24, 2.45) is 0 Å². The Bertz CT molecular complexity index is 686. The molecule has 0 spiro atoms. The number of rotatable bonds is 5. The van der Waals surface area contributed by atoms with Crippen molar-refractivity contribution in [3.63, 3.8) is 0 Å². The number of benzene rings is 2. The number of hydrogen-bond acceptors (Lipinski definition) is 1. The van der Waals surface area contributed by atoms with E-state index in [1.165, 1.54) is 12.1 Å². The zero-order valence-electron chi connectivity index (χ0n) is 12.2. The topological polar surface area (TPSA) is 37.3 Å². The van der Waals surface area contributed by atoms with Crippen molar-refractivity contribution in [1.29, 1.82) is 0 Å². The third-order valence-electron chi connectivity index (χ3n) is 3.59. The first-order valence-corrected chi connectivity index (χ1v) is 6.92. The molecule has 2 rings (SSSR count). The molecule has 1 unspecified atom stereocenters. The van der Waals surface area contributed by atoms with Gasteiger partial charge in [-0.25, -0.2) is 0 Å². The van der Waals surface area contributed by atoms with E-state index in [1.54, 1.807) is 18.2 Å². The van der Waals surface area contributed by atoms with Crippen molar-refractivity contribution < 1.29 is 23.1 Å². The van der Waals surface area contributed by atoms with Crippen molar-refractivity contribution in [3.05, 3.63) is 77.4 Å². The highest BCUT2D eigenvalue weighted by molar-refractivity contribution is 5.76. The van der Waals surface area contributed by atoms with Crippen LogP contribution in [0.4, 0.5) is 13.2 Å². The molecule has 23 heavy (non-hydrogen) atoms. The van der Waals surface area contributed by atoms with Gasteiger partial charge in [-0.05, 0) is 35.2 Å². The number of halogens is 3. The molecule has 0 aromatic heterocycles. The van der Waals surface area contributed by atoms with Gasteiger partial charge in [-0.3, -0.25) is 4.79 Å². The Kier molecular flexibility index (Phi) is 4.89. The van der Waals surface area contributed by atoms with E-state index in [2.05, 4.69) is 6.58 Å². The minimum Gasteiger partial charge on any atom is -0.481 e. The van der Waals surface area contributed by atoms with E-state index in [-0.39, 0.29) is 6.42 Å². The number of carboxylic acids is 1. The smallest absolute Gasteiger partial charge is 0.416 e. The number of carboxylic acid groups (broad SMARTS) is 1. The van der Waals surface area contributed by atoms with Gasteiger partial charge in [0.25, 0.3) is 0 Å². The van der Waals surface area contributed by atoms with Gasteiger partial charge in [0.05, 0.1) is 11.5 Å². The first-order chi connectivity index (χ1) is 10.8. The molecule has 2 aromatic carbocycles. The SMILES string of the molecule is C=Cc1ccc(CC(C(=O)O)c2ccc(C(F)(F)F)cc2)cc1. The molecular weight excluding hydrogens is 305 g/mol. The molecule has 0 saturated heterocycles. The predicted octanol–water partition coefficient (Wildman–Crippen LogP) is 4.76. The average Bonchev–Trinajstić information content (AvgIpc) is 2.52. The largest absolute Gasteiger partial charge is 0.481 e. The van der Waals surface area contributed by atoms with Gasteiger partial charge in [0.2, 0.25) is 0 Å². The first kappa shape index (κ1) is 16.8. The average molecular weight is 320 g/mol. The van der Waals surface area contributed by atoms with Crippen LogP contribution in [0.3, 0.4) is 0 Å². The molecule has 0 aliphatic rings. The van der Waals surface area contributed by atoms with Crippen LogP contribution in [0.5, 0.6) is 0 Å². The standard InChI is InChI=1S/C18H15F3O2/c1-2-12-3-5-13(6-4-12)11-16(17(22)23)14-7-9-15(10-8-14)18(19,20)21/h2-10,16H,1,11H2,(H,22,23). The third kappa shape index (κ3) is 4.22. The summed E-state index contributed by atoms with van der Waals surface area (Å²) in [6.45, 7) is 3.64. The van der Waals surface area contributed by atoms with E-state index in [4.69, 9.17) is 0 Å². The summed E-state index contributed by atoms with van der Waals surface area (Å²) in [4.78, 5) is 11.5. The lowest BCUT2D eigenvalue weighted by Gasteiger charge is -2.14. The quantitative estimate of drug-likeness (QED) is 0.862. The Balaban J connectivity index is 2.24. The Labute approximate surface area is 131 Å². The molecule has 1 N–H and O–H groups in total. The molecule has 0 aliphatic heterocycles. The summed E-state index contributed by atoms with van der Waals surface area (Å²) in [6.07, 6.45) is -2.55. The summed E-state index contributed by atoms with van der Waals surface area (Å²) < 4.78 is 37.7. The van der Waals surface area contributed by atoms with Crippen LogP contribution in [-0.4, -0.2) is 11.1 Å². The minimum atomic E-state index is -4.43. The van der Waals surface area contributed by atoms with Crippen LogP contribution in [0.25, 0.3) is 6.08 Å². The van der Waals surface area contributed by atoms with E-state index < -0.39 is 23.6 Å². The summed E-state index contributed by atoms with van der Waals surface area (Å²) in [5.41, 5.74) is 1.26. The maximum absolute atomic E-state index is 12.6. The molecule has 0 amide bonds. The van der Waals surface area contributed by atoms with Crippen molar-refractivity contribution in [1.82, 2.24) is 0 Å². The van der Waals surface area contributed by atoms with Gasteiger partial charge in [0, 0.05) is 0 Å². The lowest BCUT2D eigenvalue weighted by molar-refractivity contribution is -0.138. The highest BCUT2D eigenvalue weighted by Gasteiger charge is 2.30. The van der Waals surface area contributed by atoms with Crippen LogP contribution >= 0.6 is 0 Å². The van der Waals surface area contributed by atoms with Gasteiger partial charge in [-0.1, -0.05) is 49.1 Å². The Hall–Kier alpha value is -2.56. The van der Waals surface area contributed by atoms with Crippen molar-refractivity contribution >= 4 is 12.0 Å². The zero-order valence-corrected chi connectivity index (χ0v) is 12.2. The molecular formula is C18H15F3O2. The van der Waals surface area contributed by atoms with Crippen molar-refractivity contribution in [2.75, 3.05) is 0 Å². The number of hydrogen-bond donors (Lipinski definition) is 1. The fraction of sp³-hybridized carbons (Fsp3) is 0.167. The second kappa shape index (κ2) is 6.69. The molecule has 120 valence electrons. The third-order valence-corrected chi connectivity index (χ3v) is 3.59. The number of alkyl halides is 3. The molecule has 0 bridgehead atoms. The number of aliphatic carboxylic acids is 1. The van der Waals surface area contributed by atoms with Gasteiger partial charge >= 0.3 is 12.1 Å². The Morgan fingerprint density at radius 1 is 1.09 bits per heavy atom. The summed E-state index contributed by atoms with van der Waals surface area (Å²) >= 11 is 0. The monoisotopic (exact) mass is 320 g/mol. The van der Waals surface area contributed by atoms with Gasteiger partial charge in [-0.15, -0.1) is 0 Å². The molecule has 1 atom stereocenters. The molecule has 0 heterocycles. The summed E-state index contributed by atoms with van der Waals surface area (Å²) in [7, 11) is 0. The first-order valence-electron chi connectivity index (χ1n) is 6.92. The van der Waals surface area contributed by atoms with Crippen LogP contribution in [-0.2, 0) is 17.4 Å². The normalized spacial score (nSPS) is 12.7. The van der Waals surface area contributed by atoms with Crippen LogP contribution in [0, 0.1) is 0 Å². The lowest BCUT2D eigenvalue weighted by atomic mass is 9.91. The van der Waals surface area contributed by atoms with Crippen LogP contribution in [0.15, 0.2) is 55.1 Å². The summed E-state index contributed by atoms with van der Waals surface area (Å²) in [6, 6.07) is 11.5. The fourth-order valence-corrected chi connectivity index (χ4v) is 2.28. The van der Waals surface area contributed by atoms with Crippen LogP contribution in [0.2, 0.25) is 0 Å². The zero-order chi connectivity index (χ0) is 17.0. The van der Waals surface area contributed by atoms with E-state index in [0.717, 1.165) is 23.3 Å². The molecule has 0 saturated carbocycles. The number of carbonyl (C=O) groups is 1. The van der Waals surface area contributed by atoms with Gasteiger partial charge in [0.1, 0.15) is 0 Å². The highest BCUT2D eigenvalue weighted by Crippen LogP contribution is 2.31. The maximum Gasteiger partial charge on any atom is 0.416 e. The molecule has 0 fully saturated rings. The van der Waals surface area contributed by atoms with Crippen LogP contribution < -0.4 is 0 Å². The molecule has 0 radical (unpaired) electrons.